The number of fused-ring (bicyclic) bond motifs is 6. The number of thiocarbonyl (C=S) groups is 1. The summed E-state index contributed by atoms with van der Waals surface area (Å²) in [6.45, 7) is 0.670. The first-order valence-corrected chi connectivity index (χ1v) is 11.3. The van der Waals surface area contributed by atoms with E-state index in [1.54, 1.807) is 30.3 Å². The summed E-state index contributed by atoms with van der Waals surface area (Å²) in [4.78, 5) is 24.3. The van der Waals surface area contributed by atoms with Crippen LogP contribution in [0.4, 0.5) is 10.5 Å². The van der Waals surface area contributed by atoms with E-state index in [1.165, 1.54) is 31.4 Å². The molecule has 0 aromatic heterocycles. The lowest BCUT2D eigenvalue weighted by Gasteiger charge is -2.36. The van der Waals surface area contributed by atoms with Crippen LogP contribution in [0, 0.1) is 0 Å². The number of nitrogens with one attached hydrogen (secondary N) is 3. The molecule has 1 amide bonds. The summed E-state index contributed by atoms with van der Waals surface area (Å²) in [5.74, 6) is 0.0392. The maximum Gasteiger partial charge on any atom is 0.406 e. The fraction of sp³-hybridized carbons (Fsp3) is 0.160. The predicted octanol–water partition coefficient (Wildman–Crippen LogP) is 3.31. The van der Waals surface area contributed by atoms with E-state index in [-0.39, 0.29) is 11.5 Å². The Morgan fingerprint density at radius 3 is 2.19 bits per heavy atom. The molecule has 0 unspecified atom stereocenters. The zero-order chi connectivity index (χ0) is 25.4. The van der Waals surface area contributed by atoms with E-state index in [1.807, 2.05) is 0 Å². The Morgan fingerprint density at radius 2 is 1.56 bits per heavy atom. The Balaban J connectivity index is 1.47. The Kier molecular flexibility index (Phi) is 5.77. The molecule has 2 aliphatic heterocycles. The maximum absolute atomic E-state index is 13.1. The second kappa shape index (κ2) is 8.93. The number of phenols is 2. The van der Waals surface area contributed by atoms with Gasteiger partial charge in [-0.3, -0.25) is 0 Å². The zero-order valence-electron chi connectivity index (χ0n) is 19.0. The fourth-order valence-electron chi connectivity index (χ4n) is 4.37. The number of amides is 1. The smallest absolute Gasteiger partial charge is 0.406 e. The number of hydrogen-bond donors (Lipinski definition) is 5. The Labute approximate surface area is 210 Å². The van der Waals surface area contributed by atoms with Gasteiger partial charge in [-0.2, -0.15) is 0 Å². The average molecular weight is 508 g/mol. The van der Waals surface area contributed by atoms with E-state index in [0.29, 0.717) is 57.6 Å². The van der Waals surface area contributed by atoms with E-state index >= 15 is 0 Å². The third-order valence-corrected chi connectivity index (χ3v) is 6.14. The van der Waals surface area contributed by atoms with Crippen molar-refractivity contribution in [3.8, 4) is 23.0 Å². The molecule has 1 spiro atoms. The molecule has 2 heterocycles. The second-order valence-electron chi connectivity index (χ2n) is 8.09. The lowest BCUT2D eigenvalue weighted by atomic mass is 9.77. The molecule has 5 N–H and O–H groups in total. The molecule has 184 valence electrons. The molecular weight excluding hydrogens is 486 g/mol. The molecule has 10 nitrogen and oxygen atoms in total. The first-order chi connectivity index (χ1) is 17.3. The average Bonchev–Trinajstić information content (AvgIpc) is 3.13. The number of carbonyl (C=O) groups excluding carboxylic acids is 2. The standard InChI is InChI=1S/C25H21N3O7S/c1-33-24(32)27-9-8-26-23(36)28-13-2-5-17-16(10-13)22(31)35-25(17)18-6-3-14(29)11-20(18)34-21-12-15(30)4-7-19(21)25/h2-7,10-12,29-30H,8-9H2,1H3,(H,27,32)(H2,26,28,36). The lowest BCUT2D eigenvalue weighted by molar-refractivity contribution is 0.0224. The third-order valence-electron chi connectivity index (χ3n) is 5.90. The summed E-state index contributed by atoms with van der Waals surface area (Å²) in [5, 5.41) is 28.8. The SMILES string of the molecule is COC(=O)NCCNC(=S)Nc1ccc2c(c1)C(=O)OC21c2ccc(O)cc2Oc2cc(O)ccc21. The normalized spacial score (nSPS) is 14.0. The van der Waals surface area contributed by atoms with Gasteiger partial charge in [-0.25, -0.2) is 9.59 Å². The molecule has 3 aromatic rings. The van der Waals surface area contributed by atoms with Crippen LogP contribution >= 0.6 is 12.2 Å². The van der Waals surface area contributed by atoms with Gasteiger partial charge >= 0.3 is 12.1 Å². The first kappa shape index (κ1) is 23.2. The van der Waals surface area contributed by atoms with Gasteiger partial charge in [0.15, 0.2) is 10.7 Å². The number of methoxy groups -OCH3 is 1. The Morgan fingerprint density at radius 1 is 0.944 bits per heavy atom. The van der Waals surface area contributed by atoms with Crippen molar-refractivity contribution in [3.63, 3.8) is 0 Å². The summed E-state index contributed by atoms with van der Waals surface area (Å²) >= 11 is 5.30. The minimum absolute atomic E-state index is 0.0144. The van der Waals surface area contributed by atoms with Gasteiger partial charge in [0.2, 0.25) is 0 Å². The molecule has 36 heavy (non-hydrogen) atoms. The summed E-state index contributed by atoms with van der Waals surface area (Å²) in [5.41, 5.74) is 1.23. The number of alkyl carbamates (subject to hydrolysis) is 1. The second-order valence-corrected chi connectivity index (χ2v) is 8.50. The van der Waals surface area contributed by atoms with E-state index in [0.717, 1.165) is 0 Å². The number of carbonyl (C=O) groups is 2. The van der Waals surface area contributed by atoms with Crippen molar-refractivity contribution >= 4 is 35.1 Å². The quantitative estimate of drug-likeness (QED) is 0.203. The molecule has 0 atom stereocenters. The molecule has 0 saturated carbocycles. The van der Waals surface area contributed by atoms with Crippen LogP contribution in [0.1, 0.15) is 27.0 Å². The molecule has 0 radical (unpaired) electrons. The van der Waals surface area contributed by atoms with Crippen LogP contribution in [0.15, 0.2) is 54.6 Å². The highest BCUT2D eigenvalue weighted by Gasteiger charge is 2.53. The van der Waals surface area contributed by atoms with Gasteiger partial charge in [-0.15, -0.1) is 0 Å². The topological polar surface area (TPSA) is 138 Å². The number of rotatable bonds is 4. The number of hydrogen-bond acceptors (Lipinski definition) is 8. The zero-order valence-corrected chi connectivity index (χ0v) is 19.8. The van der Waals surface area contributed by atoms with Gasteiger partial charge in [0.05, 0.1) is 12.7 Å². The van der Waals surface area contributed by atoms with E-state index in [2.05, 4.69) is 20.7 Å². The molecule has 0 fully saturated rings. The van der Waals surface area contributed by atoms with E-state index < -0.39 is 17.7 Å². The van der Waals surface area contributed by atoms with Crippen LogP contribution in [0.5, 0.6) is 23.0 Å². The highest BCUT2D eigenvalue weighted by atomic mass is 32.1. The monoisotopic (exact) mass is 507 g/mol. The van der Waals surface area contributed by atoms with Crippen LogP contribution < -0.4 is 20.7 Å². The highest BCUT2D eigenvalue weighted by Crippen LogP contribution is 2.57. The molecule has 0 aliphatic carbocycles. The van der Waals surface area contributed by atoms with E-state index in [4.69, 9.17) is 21.7 Å². The maximum atomic E-state index is 13.1. The number of phenolic OH excluding ortho intramolecular Hbond substituents is 2. The minimum Gasteiger partial charge on any atom is -0.508 e. The van der Waals surface area contributed by atoms with Crippen molar-refractivity contribution in [2.24, 2.45) is 0 Å². The molecule has 5 rings (SSSR count). The summed E-state index contributed by atoms with van der Waals surface area (Å²) in [7, 11) is 1.28. The summed E-state index contributed by atoms with van der Waals surface area (Å²) in [6.07, 6.45) is -0.538. The van der Waals surface area contributed by atoms with Crippen LogP contribution in [0.25, 0.3) is 0 Å². The summed E-state index contributed by atoms with van der Waals surface area (Å²) in [6, 6.07) is 14.3. The molecule has 0 saturated heterocycles. The van der Waals surface area contributed by atoms with Gasteiger partial charge in [0, 0.05) is 47.6 Å². The highest BCUT2D eigenvalue weighted by molar-refractivity contribution is 7.80. The number of anilines is 1. The molecule has 2 aliphatic rings. The lowest BCUT2D eigenvalue weighted by Crippen LogP contribution is -2.36. The minimum atomic E-state index is -1.33. The van der Waals surface area contributed by atoms with Crippen molar-refractivity contribution in [2.45, 2.75) is 5.60 Å². The van der Waals surface area contributed by atoms with Gasteiger partial charge in [0.1, 0.15) is 23.0 Å². The van der Waals surface area contributed by atoms with Gasteiger partial charge < -0.3 is 40.4 Å². The van der Waals surface area contributed by atoms with Crippen molar-refractivity contribution < 1.29 is 34.0 Å². The van der Waals surface area contributed by atoms with Crippen LogP contribution in [-0.4, -0.2) is 47.6 Å². The van der Waals surface area contributed by atoms with Crippen molar-refractivity contribution in [3.05, 3.63) is 76.9 Å². The Hall–Kier alpha value is -4.51. The van der Waals surface area contributed by atoms with Crippen molar-refractivity contribution in [1.82, 2.24) is 10.6 Å². The van der Waals surface area contributed by atoms with Crippen LogP contribution in [0.3, 0.4) is 0 Å². The van der Waals surface area contributed by atoms with Crippen molar-refractivity contribution in [2.75, 3.05) is 25.5 Å². The number of esters is 1. The number of benzene rings is 3. The fourth-order valence-corrected chi connectivity index (χ4v) is 4.59. The molecule has 0 bridgehead atoms. The van der Waals surface area contributed by atoms with E-state index in [9.17, 15) is 19.8 Å². The van der Waals surface area contributed by atoms with Gasteiger partial charge in [-0.05, 0) is 48.6 Å². The molecular formula is C25H21N3O7S. The summed E-state index contributed by atoms with van der Waals surface area (Å²) < 4.78 is 16.5. The third kappa shape index (κ3) is 3.89. The largest absolute Gasteiger partial charge is 0.508 e. The first-order valence-electron chi connectivity index (χ1n) is 10.9. The van der Waals surface area contributed by atoms with Crippen molar-refractivity contribution in [1.29, 1.82) is 0 Å². The molecule has 3 aromatic carbocycles. The number of ether oxygens (including phenoxy) is 3. The molecule has 11 heteroatoms. The van der Waals surface area contributed by atoms with Gasteiger partial charge in [0.25, 0.3) is 0 Å². The van der Waals surface area contributed by atoms with Gasteiger partial charge in [-0.1, -0.05) is 6.07 Å². The number of aromatic hydroxyl groups is 2. The Bertz CT molecular complexity index is 1360. The van der Waals surface area contributed by atoms with Crippen LogP contribution in [0.2, 0.25) is 0 Å². The van der Waals surface area contributed by atoms with Crippen LogP contribution in [-0.2, 0) is 15.1 Å². The predicted molar refractivity (Wildman–Crippen MR) is 133 cm³/mol.